The maximum Gasteiger partial charge on any atom is 0.256 e. The molecule has 0 spiro atoms. The van der Waals surface area contributed by atoms with Crippen LogP contribution in [0.3, 0.4) is 0 Å². The molecule has 0 aliphatic carbocycles. The van der Waals surface area contributed by atoms with Gasteiger partial charge < -0.3 is 10.2 Å². The number of nitrogens with zero attached hydrogens (tertiary/aromatic N) is 2. The third kappa shape index (κ3) is 5.29. The van der Waals surface area contributed by atoms with Gasteiger partial charge in [0.25, 0.3) is 11.8 Å². The minimum absolute atomic E-state index is 0.0452. The van der Waals surface area contributed by atoms with Crippen molar-refractivity contribution in [2.75, 3.05) is 5.32 Å². The van der Waals surface area contributed by atoms with Crippen molar-refractivity contribution >= 4 is 35.0 Å². The average molecular weight is 510 g/mol. The van der Waals surface area contributed by atoms with Gasteiger partial charge in [-0.05, 0) is 66.1 Å². The largest absolute Gasteiger partial charge is 0.325 e. The van der Waals surface area contributed by atoms with Gasteiger partial charge in [-0.1, -0.05) is 54.1 Å². The van der Waals surface area contributed by atoms with Crippen LogP contribution in [0.4, 0.5) is 5.82 Å². The number of fused-ring (bicyclic) bond motifs is 1. The molecule has 2 amide bonds. The van der Waals surface area contributed by atoms with E-state index in [1.807, 2.05) is 36.4 Å². The summed E-state index contributed by atoms with van der Waals surface area (Å²) in [6.45, 7) is 1.99. The lowest BCUT2D eigenvalue weighted by Crippen LogP contribution is -2.41. The molecule has 0 bridgehead atoms. The van der Waals surface area contributed by atoms with Gasteiger partial charge in [0.15, 0.2) is 5.78 Å². The third-order valence-corrected chi connectivity index (χ3v) is 6.77. The van der Waals surface area contributed by atoms with Gasteiger partial charge in [-0.15, -0.1) is 0 Å². The summed E-state index contributed by atoms with van der Waals surface area (Å²) < 4.78 is 0. The van der Waals surface area contributed by atoms with Gasteiger partial charge in [0.2, 0.25) is 0 Å². The molecule has 1 atom stereocenters. The number of hydrogen-bond acceptors (Lipinski definition) is 4. The van der Waals surface area contributed by atoms with Crippen LogP contribution in [0.15, 0.2) is 91.1 Å². The monoisotopic (exact) mass is 509 g/mol. The maximum absolute atomic E-state index is 13.3. The van der Waals surface area contributed by atoms with E-state index in [9.17, 15) is 14.4 Å². The summed E-state index contributed by atoms with van der Waals surface area (Å²) in [5.74, 6) is -0.0882. The van der Waals surface area contributed by atoms with Gasteiger partial charge >= 0.3 is 0 Å². The molecule has 0 unspecified atom stereocenters. The Hall–Kier alpha value is -4.29. The molecule has 3 aromatic carbocycles. The molecule has 0 fully saturated rings. The van der Waals surface area contributed by atoms with Crippen molar-refractivity contribution < 1.29 is 14.4 Å². The lowest BCUT2D eigenvalue weighted by molar-refractivity contribution is -0.122. The molecule has 1 N–H and O–H groups in total. The summed E-state index contributed by atoms with van der Waals surface area (Å²) in [6.07, 6.45) is 1.89. The van der Waals surface area contributed by atoms with E-state index >= 15 is 0 Å². The molecule has 1 aliphatic rings. The van der Waals surface area contributed by atoms with Gasteiger partial charge in [-0.25, -0.2) is 4.98 Å². The quantitative estimate of drug-likeness (QED) is 0.368. The highest BCUT2D eigenvalue weighted by Gasteiger charge is 2.32. The van der Waals surface area contributed by atoms with E-state index in [-0.39, 0.29) is 30.6 Å². The molecule has 0 radical (unpaired) electrons. The van der Waals surface area contributed by atoms with Crippen LogP contribution in [0.2, 0.25) is 5.02 Å². The van der Waals surface area contributed by atoms with Crippen LogP contribution in [0, 0.1) is 0 Å². The standard InChI is InChI=1S/C30H24ClN3O3/c1-19-27(35)16-24-15-25(31)12-13-26(24)30(37)34(19)18-20-7-9-22(10-8-20)29(36)33-28-14-11-23(17-32-28)21-5-3-2-4-6-21/h2-15,17,19H,16,18H2,1H3,(H,32,33,36)/t19-/m1/s1. The van der Waals surface area contributed by atoms with Crippen molar-refractivity contribution in [3.8, 4) is 11.1 Å². The fourth-order valence-corrected chi connectivity index (χ4v) is 4.58. The fraction of sp³-hybridized carbons (Fsp3) is 0.133. The van der Waals surface area contributed by atoms with E-state index in [1.54, 1.807) is 66.6 Å². The predicted octanol–water partition coefficient (Wildman–Crippen LogP) is 5.81. The Morgan fingerprint density at radius 1 is 0.973 bits per heavy atom. The second-order valence-electron chi connectivity index (χ2n) is 9.00. The first-order valence-electron chi connectivity index (χ1n) is 11.9. The van der Waals surface area contributed by atoms with Crippen LogP contribution in [0.5, 0.6) is 0 Å². The maximum atomic E-state index is 13.3. The van der Waals surface area contributed by atoms with Crippen molar-refractivity contribution in [2.45, 2.75) is 25.9 Å². The topological polar surface area (TPSA) is 79.4 Å². The van der Waals surface area contributed by atoms with Crippen LogP contribution < -0.4 is 5.32 Å². The van der Waals surface area contributed by atoms with Crippen molar-refractivity contribution in [2.24, 2.45) is 0 Å². The number of benzene rings is 3. The number of Topliss-reactive ketones (excluding diaryl/α,β-unsaturated/α-hetero) is 1. The van der Waals surface area contributed by atoms with Gasteiger partial charge in [0, 0.05) is 40.9 Å². The normalized spacial score (nSPS) is 15.2. The molecule has 6 nitrogen and oxygen atoms in total. The number of pyridine rings is 1. The van der Waals surface area contributed by atoms with Crippen molar-refractivity contribution in [1.82, 2.24) is 9.88 Å². The predicted molar refractivity (Wildman–Crippen MR) is 144 cm³/mol. The smallest absolute Gasteiger partial charge is 0.256 e. The number of anilines is 1. The van der Waals surface area contributed by atoms with E-state index < -0.39 is 6.04 Å². The molecule has 37 heavy (non-hydrogen) atoms. The fourth-order valence-electron chi connectivity index (χ4n) is 4.38. The Balaban J connectivity index is 1.27. The molecule has 1 aliphatic heterocycles. The lowest BCUT2D eigenvalue weighted by atomic mass is 10.0. The van der Waals surface area contributed by atoms with Crippen molar-refractivity contribution in [1.29, 1.82) is 0 Å². The Bertz CT molecular complexity index is 1470. The number of carbonyl (C=O) groups is 3. The average Bonchev–Trinajstić information content (AvgIpc) is 3.00. The number of hydrogen-bond donors (Lipinski definition) is 1. The Morgan fingerprint density at radius 2 is 1.73 bits per heavy atom. The van der Waals surface area contributed by atoms with Gasteiger partial charge in [-0.3, -0.25) is 14.4 Å². The van der Waals surface area contributed by atoms with E-state index in [2.05, 4.69) is 10.3 Å². The summed E-state index contributed by atoms with van der Waals surface area (Å²) in [7, 11) is 0. The molecule has 0 saturated carbocycles. The lowest BCUT2D eigenvalue weighted by Gasteiger charge is -2.26. The second-order valence-corrected chi connectivity index (χ2v) is 9.44. The Kier molecular flexibility index (Phi) is 6.84. The highest BCUT2D eigenvalue weighted by Crippen LogP contribution is 2.25. The number of ketones is 1. The van der Waals surface area contributed by atoms with E-state index in [0.29, 0.717) is 27.5 Å². The Morgan fingerprint density at radius 3 is 2.43 bits per heavy atom. The molecule has 4 aromatic rings. The molecule has 5 rings (SSSR count). The molecular weight excluding hydrogens is 486 g/mol. The number of amides is 2. The van der Waals surface area contributed by atoms with E-state index in [4.69, 9.17) is 11.6 Å². The highest BCUT2D eigenvalue weighted by atomic mass is 35.5. The second kappa shape index (κ2) is 10.4. The molecule has 2 heterocycles. The number of nitrogens with one attached hydrogen (secondary N) is 1. The highest BCUT2D eigenvalue weighted by molar-refractivity contribution is 6.30. The van der Waals surface area contributed by atoms with Crippen LogP contribution in [0.1, 0.15) is 38.8 Å². The van der Waals surface area contributed by atoms with Gasteiger partial charge in [-0.2, -0.15) is 0 Å². The minimum atomic E-state index is -0.577. The van der Waals surface area contributed by atoms with Crippen LogP contribution in [-0.4, -0.2) is 33.5 Å². The molecule has 0 saturated heterocycles. The first-order chi connectivity index (χ1) is 17.9. The summed E-state index contributed by atoms with van der Waals surface area (Å²) in [5, 5.41) is 3.31. The molecule has 1 aromatic heterocycles. The summed E-state index contributed by atoms with van der Waals surface area (Å²) in [5.41, 5.74) is 4.42. The third-order valence-electron chi connectivity index (χ3n) is 6.54. The zero-order valence-electron chi connectivity index (χ0n) is 20.1. The summed E-state index contributed by atoms with van der Waals surface area (Å²) >= 11 is 6.08. The molecule has 184 valence electrons. The summed E-state index contributed by atoms with van der Waals surface area (Å²) in [6, 6.07) is 25.0. The number of aromatic nitrogens is 1. The van der Waals surface area contributed by atoms with Crippen molar-refractivity contribution in [3.63, 3.8) is 0 Å². The van der Waals surface area contributed by atoms with Crippen LogP contribution in [-0.2, 0) is 17.8 Å². The van der Waals surface area contributed by atoms with E-state index in [0.717, 1.165) is 16.7 Å². The van der Waals surface area contributed by atoms with Crippen LogP contribution in [0.25, 0.3) is 11.1 Å². The number of rotatable bonds is 5. The zero-order chi connectivity index (χ0) is 25.9. The van der Waals surface area contributed by atoms with E-state index in [1.165, 1.54) is 0 Å². The molecule has 7 heteroatoms. The SMILES string of the molecule is C[C@@H]1C(=O)Cc2cc(Cl)ccc2C(=O)N1Cc1ccc(C(=O)Nc2ccc(-c3ccccc3)cn2)cc1. The number of halogens is 1. The van der Waals surface area contributed by atoms with Crippen LogP contribution >= 0.6 is 11.6 Å². The summed E-state index contributed by atoms with van der Waals surface area (Å²) in [4.78, 5) is 44.7. The minimum Gasteiger partial charge on any atom is -0.325 e. The zero-order valence-corrected chi connectivity index (χ0v) is 20.9. The first-order valence-corrected chi connectivity index (χ1v) is 12.3. The Labute approximate surface area is 219 Å². The van der Waals surface area contributed by atoms with Gasteiger partial charge in [0.05, 0.1) is 6.04 Å². The van der Waals surface area contributed by atoms with Gasteiger partial charge in [0.1, 0.15) is 5.82 Å². The number of carbonyl (C=O) groups excluding carboxylic acids is 3. The van der Waals surface area contributed by atoms with Crippen molar-refractivity contribution in [3.05, 3.63) is 118 Å². The first kappa shape index (κ1) is 24.4. The molecular formula is C30H24ClN3O3.